The van der Waals surface area contributed by atoms with Crippen LogP contribution >= 0.6 is 0 Å². The fourth-order valence-corrected chi connectivity index (χ4v) is 9.06. The third kappa shape index (κ3) is 5.98. The molecule has 0 aliphatic heterocycles. The summed E-state index contributed by atoms with van der Waals surface area (Å²) in [6, 6.07) is 79.2. The largest absolute Gasteiger partial charge is 0.309 e. The average Bonchev–Trinajstić information content (AvgIpc) is 3.88. The molecule has 0 saturated carbocycles. The number of fused-ring (bicyclic) bond motifs is 7. The number of rotatable bonds is 7. The molecule has 0 amide bonds. The van der Waals surface area contributed by atoms with Gasteiger partial charge in [0, 0.05) is 49.6 Å². The van der Waals surface area contributed by atoms with Gasteiger partial charge in [-0.15, -0.1) is 0 Å². The van der Waals surface area contributed by atoms with Crippen LogP contribution < -0.4 is 0 Å². The van der Waals surface area contributed by atoms with E-state index in [0.717, 1.165) is 50.2 Å². The minimum absolute atomic E-state index is 0.622. The maximum absolute atomic E-state index is 5.11. The highest BCUT2D eigenvalue weighted by Gasteiger charge is 2.21. The van der Waals surface area contributed by atoms with Crippen LogP contribution in [0.4, 0.5) is 0 Å². The van der Waals surface area contributed by atoms with E-state index in [-0.39, 0.29) is 0 Å². The Kier molecular flexibility index (Phi) is 8.42. The lowest BCUT2D eigenvalue weighted by Crippen LogP contribution is -2.00. The van der Waals surface area contributed by atoms with E-state index >= 15 is 0 Å². The van der Waals surface area contributed by atoms with Gasteiger partial charge in [0.15, 0.2) is 17.5 Å². The molecule has 0 aliphatic carbocycles. The van der Waals surface area contributed by atoms with Crippen LogP contribution in [0.1, 0.15) is 0 Å². The first-order valence-electron chi connectivity index (χ1n) is 20.9. The molecule has 62 heavy (non-hydrogen) atoms. The molecule has 0 unspecified atom stereocenters. The van der Waals surface area contributed by atoms with Crippen molar-refractivity contribution >= 4 is 43.6 Å². The van der Waals surface area contributed by atoms with E-state index in [1.807, 2.05) is 36.4 Å². The molecule has 0 fully saturated rings. The van der Waals surface area contributed by atoms with Crippen molar-refractivity contribution in [2.45, 2.75) is 0 Å². The monoisotopic (exact) mass is 791 g/mol. The number of benzene rings is 9. The van der Waals surface area contributed by atoms with Gasteiger partial charge in [0.25, 0.3) is 0 Å². The van der Waals surface area contributed by atoms with Crippen LogP contribution in [-0.4, -0.2) is 24.1 Å². The molecule has 12 aromatic rings. The van der Waals surface area contributed by atoms with Crippen LogP contribution in [0.5, 0.6) is 0 Å². The van der Waals surface area contributed by atoms with Crippen LogP contribution in [0.25, 0.3) is 111 Å². The second-order valence-corrected chi connectivity index (χ2v) is 15.6. The highest BCUT2D eigenvalue weighted by Crippen LogP contribution is 2.42. The third-order valence-electron chi connectivity index (χ3n) is 12.0. The third-order valence-corrected chi connectivity index (χ3v) is 12.0. The van der Waals surface area contributed by atoms with Crippen molar-refractivity contribution in [2.24, 2.45) is 0 Å². The lowest BCUT2D eigenvalue weighted by Gasteiger charge is -2.11. The van der Waals surface area contributed by atoms with Crippen LogP contribution in [0.15, 0.2) is 224 Å². The van der Waals surface area contributed by atoms with Crippen molar-refractivity contribution in [3.05, 3.63) is 224 Å². The minimum atomic E-state index is 0.622. The molecule has 0 saturated heterocycles. The minimum Gasteiger partial charge on any atom is -0.309 e. The molecule has 5 heteroatoms. The predicted molar refractivity (Wildman–Crippen MR) is 256 cm³/mol. The highest BCUT2D eigenvalue weighted by atomic mass is 15.0. The Labute approximate surface area is 358 Å². The van der Waals surface area contributed by atoms with Crippen molar-refractivity contribution < 1.29 is 0 Å². The maximum atomic E-state index is 5.11. The summed E-state index contributed by atoms with van der Waals surface area (Å²) >= 11 is 0. The molecular formula is C57H37N5. The summed E-state index contributed by atoms with van der Waals surface area (Å²) in [4.78, 5) is 15.2. The molecule has 0 atom stereocenters. The average molecular weight is 792 g/mol. The van der Waals surface area contributed by atoms with Gasteiger partial charge in [-0.25, -0.2) is 15.0 Å². The first-order chi connectivity index (χ1) is 30.7. The number of para-hydroxylation sites is 3. The number of aromatic nitrogens is 5. The van der Waals surface area contributed by atoms with Gasteiger partial charge >= 0.3 is 0 Å². The molecule has 0 spiro atoms. The van der Waals surface area contributed by atoms with Crippen LogP contribution in [-0.2, 0) is 0 Å². The van der Waals surface area contributed by atoms with Gasteiger partial charge < -0.3 is 9.13 Å². The Hall–Kier alpha value is -8.41. The fourth-order valence-electron chi connectivity index (χ4n) is 9.06. The fraction of sp³-hybridized carbons (Fsp3) is 0. The van der Waals surface area contributed by atoms with Crippen molar-refractivity contribution in [2.75, 3.05) is 0 Å². The van der Waals surface area contributed by atoms with Crippen LogP contribution in [0.2, 0.25) is 0 Å². The molecule has 12 rings (SSSR count). The van der Waals surface area contributed by atoms with Gasteiger partial charge in [-0.3, -0.25) is 0 Å². The lowest BCUT2D eigenvalue weighted by atomic mass is 9.98. The zero-order valence-corrected chi connectivity index (χ0v) is 33.6. The molecule has 3 heterocycles. The molecule has 0 bridgehead atoms. The molecule has 0 aliphatic rings. The van der Waals surface area contributed by atoms with Gasteiger partial charge in [0.1, 0.15) is 0 Å². The van der Waals surface area contributed by atoms with Gasteiger partial charge in [-0.2, -0.15) is 0 Å². The van der Waals surface area contributed by atoms with E-state index in [1.165, 1.54) is 43.7 Å². The number of hydrogen-bond donors (Lipinski definition) is 0. The zero-order chi connectivity index (χ0) is 41.0. The Morgan fingerprint density at radius 3 is 1.32 bits per heavy atom. The molecule has 0 radical (unpaired) electrons. The Balaban J connectivity index is 0.962. The Bertz CT molecular complexity index is 3590. The van der Waals surface area contributed by atoms with E-state index in [2.05, 4.69) is 197 Å². The van der Waals surface area contributed by atoms with Crippen LogP contribution in [0, 0.1) is 0 Å². The van der Waals surface area contributed by atoms with Crippen molar-refractivity contribution in [3.63, 3.8) is 0 Å². The first kappa shape index (κ1) is 35.5. The summed E-state index contributed by atoms with van der Waals surface area (Å²) in [5, 5.41) is 4.92. The second kappa shape index (κ2) is 14.7. The summed E-state index contributed by atoms with van der Waals surface area (Å²) in [6.07, 6.45) is 0. The standard InChI is InChI=1S/C57H37N5/c1-4-15-38(16-5-1)43-19-14-20-44(37-43)39-27-29-41(30-28-39)56-58-55(40-17-6-2-7-18-40)59-57(60-56)42-31-33-46(34-32-42)61-51-26-13-11-24-49(51)53-52(61)36-35-48-47-23-10-12-25-50(47)62(54(48)53)45-21-8-3-9-22-45/h1-37H. The van der Waals surface area contributed by atoms with Gasteiger partial charge in [0.2, 0.25) is 0 Å². The maximum Gasteiger partial charge on any atom is 0.164 e. The van der Waals surface area contributed by atoms with E-state index in [9.17, 15) is 0 Å². The predicted octanol–water partition coefficient (Wildman–Crippen LogP) is 14.4. The van der Waals surface area contributed by atoms with Crippen LogP contribution in [0.3, 0.4) is 0 Å². The van der Waals surface area contributed by atoms with E-state index in [4.69, 9.17) is 15.0 Å². The van der Waals surface area contributed by atoms with Crippen molar-refractivity contribution in [1.82, 2.24) is 24.1 Å². The van der Waals surface area contributed by atoms with Gasteiger partial charge in [-0.05, 0) is 82.9 Å². The second-order valence-electron chi connectivity index (χ2n) is 15.6. The molecule has 9 aromatic carbocycles. The lowest BCUT2D eigenvalue weighted by molar-refractivity contribution is 1.07. The van der Waals surface area contributed by atoms with Crippen molar-refractivity contribution in [3.8, 4) is 67.8 Å². The molecule has 290 valence electrons. The molecular weight excluding hydrogens is 755 g/mol. The molecule has 5 nitrogen and oxygen atoms in total. The smallest absolute Gasteiger partial charge is 0.164 e. The molecule has 3 aromatic heterocycles. The summed E-state index contributed by atoms with van der Waals surface area (Å²) in [6.45, 7) is 0. The summed E-state index contributed by atoms with van der Waals surface area (Å²) < 4.78 is 4.80. The van der Waals surface area contributed by atoms with E-state index in [0.29, 0.717) is 17.5 Å². The topological polar surface area (TPSA) is 48.5 Å². The quantitative estimate of drug-likeness (QED) is 0.162. The molecule has 0 N–H and O–H groups in total. The Morgan fingerprint density at radius 1 is 0.258 bits per heavy atom. The normalized spacial score (nSPS) is 11.5. The SMILES string of the molecule is c1ccc(-c2cccc(-c3ccc(-c4nc(-c5ccccc5)nc(-c5ccc(-n6c7ccccc7c7c6ccc6c8ccccc8n(-c8ccccc8)c67)cc5)n4)cc3)c2)cc1. The zero-order valence-electron chi connectivity index (χ0n) is 33.6. The summed E-state index contributed by atoms with van der Waals surface area (Å²) in [5.74, 6) is 1.88. The summed E-state index contributed by atoms with van der Waals surface area (Å²) in [7, 11) is 0. The van der Waals surface area contributed by atoms with Gasteiger partial charge in [0.05, 0.1) is 22.1 Å². The number of hydrogen-bond acceptors (Lipinski definition) is 3. The highest BCUT2D eigenvalue weighted by molar-refractivity contribution is 6.26. The Morgan fingerprint density at radius 2 is 0.694 bits per heavy atom. The van der Waals surface area contributed by atoms with Crippen molar-refractivity contribution in [1.29, 1.82) is 0 Å². The number of nitrogens with zero attached hydrogens (tertiary/aromatic N) is 5. The van der Waals surface area contributed by atoms with Gasteiger partial charge in [-0.1, -0.05) is 164 Å². The van der Waals surface area contributed by atoms with E-state index in [1.54, 1.807) is 0 Å². The summed E-state index contributed by atoms with van der Waals surface area (Å²) in [5.41, 5.74) is 14.4. The van der Waals surface area contributed by atoms with E-state index < -0.39 is 0 Å². The first-order valence-corrected chi connectivity index (χ1v) is 20.9.